The van der Waals surface area contributed by atoms with Crippen LogP contribution in [-0.4, -0.2) is 44.0 Å². The highest BCUT2D eigenvalue weighted by Crippen LogP contribution is 2.19. The zero-order chi connectivity index (χ0) is 16.9. The molecular weight excluding hydrogens is 312 g/mol. The third-order valence-corrected chi connectivity index (χ3v) is 5.59. The van der Waals surface area contributed by atoms with Crippen LogP contribution in [0.15, 0.2) is 30.3 Å². The van der Waals surface area contributed by atoms with Gasteiger partial charge in [0.1, 0.15) is 0 Å². The number of rotatable bonds is 6. The topological polar surface area (TPSA) is 66.5 Å². The number of benzene rings is 1. The maximum Gasteiger partial charge on any atom is 0.224 e. The van der Waals surface area contributed by atoms with Gasteiger partial charge in [0.15, 0.2) is 0 Å². The zero-order valence-electron chi connectivity index (χ0n) is 13.9. The van der Waals surface area contributed by atoms with Crippen LogP contribution >= 0.6 is 0 Å². The number of carbonyl (C=O) groups excluding carboxylic acids is 1. The fourth-order valence-electron chi connectivity index (χ4n) is 2.92. The molecule has 1 N–H and O–H groups in total. The quantitative estimate of drug-likeness (QED) is 0.860. The Morgan fingerprint density at radius 2 is 2.04 bits per heavy atom. The first-order valence-electron chi connectivity index (χ1n) is 8.15. The first kappa shape index (κ1) is 17.9. The van der Waals surface area contributed by atoms with Crippen LogP contribution in [0.3, 0.4) is 0 Å². The molecule has 23 heavy (non-hydrogen) atoms. The van der Waals surface area contributed by atoms with Gasteiger partial charge in [0.25, 0.3) is 0 Å². The van der Waals surface area contributed by atoms with E-state index in [9.17, 15) is 13.2 Å². The summed E-state index contributed by atoms with van der Waals surface area (Å²) < 4.78 is 24.7. The first-order valence-corrected chi connectivity index (χ1v) is 10.0. The third kappa shape index (κ3) is 5.62. The molecule has 0 unspecified atom stereocenters. The van der Waals surface area contributed by atoms with Gasteiger partial charge in [-0.3, -0.25) is 4.79 Å². The minimum absolute atomic E-state index is 0.0288. The van der Waals surface area contributed by atoms with E-state index in [1.807, 2.05) is 25.1 Å². The van der Waals surface area contributed by atoms with Crippen LogP contribution in [0.4, 0.5) is 0 Å². The molecule has 0 aromatic heterocycles. The van der Waals surface area contributed by atoms with Crippen LogP contribution in [0.5, 0.6) is 0 Å². The Morgan fingerprint density at radius 3 is 2.70 bits per heavy atom. The highest BCUT2D eigenvalue weighted by molar-refractivity contribution is 7.88. The molecule has 2 atom stereocenters. The predicted octanol–water partition coefficient (Wildman–Crippen LogP) is 1.80. The summed E-state index contributed by atoms with van der Waals surface area (Å²) in [4.78, 5) is 12.4. The average Bonchev–Trinajstić information content (AvgIpc) is 2.53. The van der Waals surface area contributed by atoms with Gasteiger partial charge in [0.05, 0.1) is 12.2 Å². The molecular formula is C17H26N2O3S. The van der Waals surface area contributed by atoms with Gasteiger partial charge in [0.2, 0.25) is 15.9 Å². The van der Waals surface area contributed by atoms with Crippen molar-refractivity contribution in [2.75, 3.05) is 19.3 Å². The number of aryl methyl sites for hydroxylation is 1. The number of hydrogen-bond donors (Lipinski definition) is 1. The molecule has 1 aliphatic heterocycles. The summed E-state index contributed by atoms with van der Waals surface area (Å²) in [5.74, 6) is -0.267. The highest BCUT2D eigenvalue weighted by Gasteiger charge is 2.30. The van der Waals surface area contributed by atoms with Gasteiger partial charge in [-0.2, -0.15) is 0 Å². The molecule has 0 aliphatic carbocycles. The maximum absolute atomic E-state index is 12.4. The molecule has 1 amide bonds. The second kappa shape index (κ2) is 7.93. The van der Waals surface area contributed by atoms with Crippen LogP contribution in [0.25, 0.3) is 0 Å². The van der Waals surface area contributed by atoms with E-state index in [0.29, 0.717) is 13.1 Å². The van der Waals surface area contributed by atoms with Gasteiger partial charge in [-0.15, -0.1) is 0 Å². The Hall–Kier alpha value is -1.40. The fourth-order valence-corrected chi connectivity index (χ4v) is 3.83. The molecule has 1 aromatic rings. The molecule has 1 heterocycles. The largest absolute Gasteiger partial charge is 0.353 e. The normalized spacial score (nSPS) is 20.9. The SMILES string of the molecule is C[C@@H](CCc1ccccc1)NC(=O)[C@H]1CCCN(S(C)(=O)=O)C1. The monoisotopic (exact) mass is 338 g/mol. The average molecular weight is 338 g/mol. The fraction of sp³-hybridized carbons (Fsp3) is 0.588. The number of nitrogens with one attached hydrogen (secondary N) is 1. The van der Waals surface area contributed by atoms with Crippen LogP contribution in [0.1, 0.15) is 31.7 Å². The van der Waals surface area contributed by atoms with Crippen molar-refractivity contribution in [1.29, 1.82) is 0 Å². The molecule has 0 bridgehead atoms. The van der Waals surface area contributed by atoms with Crippen LogP contribution in [0.2, 0.25) is 0 Å². The number of sulfonamides is 1. The standard InChI is InChI=1S/C17H26N2O3S/c1-14(10-11-15-7-4-3-5-8-15)18-17(20)16-9-6-12-19(13-16)23(2,21)22/h3-5,7-8,14,16H,6,9-13H2,1-2H3,(H,18,20)/t14-,16-/m0/s1. The van der Waals surface area contributed by atoms with Crippen molar-refractivity contribution in [3.63, 3.8) is 0 Å². The van der Waals surface area contributed by atoms with Crippen molar-refractivity contribution in [2.45, 2.75) is 38.6 Å². The van der Waals surface area contributed by atoms with E-state index in [4.69, 9.17) is 0 Å². The molecule has 0 saturated carbocycles. The van der Waals surface area contributed by atoms with Gasteiger partial charge in [-0.1, -0.05) is 30.3 Å². The number of amides is 1. The van der Waals surface area contributed by atoms with E-state index in [0.717, 1.165) is 25.7 Å². The molecule has 1 aliphatic rings. The second-order valence-corrected chi connectivity index (χ2v) is 8.38. The molecule has 2 rings (SSSR count). The lowest BCUT2D eigenvalue weighted by molar-refractivity contribution is -0.126. The molecule has 0 spiro atoms. The van der Waals surface area contributed by atoms with Crippen molar-refractivity contribution in [3.05, 3.63) is 35.9 Å². The Balaban J connectivity index is 1.81. The summed E-state index contributed by atoms with van der Waals surface area (Å²) in [6.07, 6.45) is 4.49. The van der Waals surface area contributed by atoms with Crippen molar-refractivity contribution >= 4 is 15.9 Å². The summed E-state index contributed by atoms with van der Waals surface area (Å²) >= 11 is 0. The van der Waals surface area contributed by atoms with Crippen LogP contribution in [-0.2, 0) is 21.2 Å². The summed E-state index contributed by atoms with van der Waals surface area (Å²) in [6, 6.07) is 10.3. The molecule has 1 saturated heterocycles. The number of hydrogen-bond acceptors (Lipinski definition) is 3. The smallest absolute Gasteiger partial charge is 0.224 e. The van der Waals surface area contributed by atoms with Gasteiger partial charge in [-0.05, 0) is 38.2 Å². The Bertz CT molecular complexity index is 616. The van der Waals surface area contributed by atoms with Crippen molar-refractivity contribution in [3.8, 4) is 0 Å². The highest BCUT2D eigenvalue weighted by atomic mass is 32.2. The summed E-state index contributed by atoms with van der Waals surface area (Å²) in [5, 5.41) is 3.03. The number of nitrogens with zero attached hydrogens (tertiary/aromatic N) is 1. The first-order chi connectivity index (χ1) is 10.9. The van der Waals surface area contributed by atoms with E-state index in [-0.39, 0.29) is 17.9 Å². The zero-order valence-corrected chi connectivity index (χ0v) is 14.7. The second-order valence-electron chi connectivity index (χ2n) is 6.39. The van der Waals surface area contributed by atoms with Gasteiger partial charge < -0.3 is 5.32 Å². The minimum Gasteiger partial charge on any atom is -0.353 e. The summed E-state index contributed by atoms with van der Waals surface area (Å²) in [7, 11) is -3.21. The number of carbonyl (C=O) groups is 1. The van der Waals surface area contributed by atoms with Crippen molar-refractivity contribution < 1.29 is 13.2 Å². The van der Waals surface area contributed by atoms with E-state index in [2.05, 4.69) is 17.4 Å². The Morgan fingerprint density at radius 1 is 1.35 bits per heavy atom. The lowest BCUT2D eigenvalue weighted by Gasteiger charge is -2.30. The predicted molar refractivity (Wildman–Crippen MR) is 91.5 cm³/mol. The van der Waals surface area contributed by atoms with Crippen molar-refractivity contribution in [1.82, 2.24) is 9.62 Å². The van der Waals surface area contributed by atoms with Gasteiger partial charge in [-0.25, -0.2) is 12.7 Å². The Kier molecular flexibility index (Phi) is 6.18. The minimum atomic E-state index is -3.21. The molecule has 0 radical (unpaired) electrons. The molecule has 5 nitrogen and oxygen atoms in total. The van der Waals surface area contributed by atoms with E-state index in [1.54, 1.807) is 0 Å². The van der Waals surface area contributed by atoms with Crippen LogP contribution < -0.4 is 5.32 Å². The van der Waals surface area contributed by atoms with E-state index >= 15 is 0 Å². The van der Waals surface area contributed by atoms with Crippen LogP contribution in [0, 0.1) is 5.92 Å². The summed E-state index contributed by atoms with van der Waals surface area (Å²) in [6.45, 7) is 2.82. The third-order valence-electron chi connectivity index (χ3n) is 4.32. The maximum atomic E-state index is 12.4. The molecule has 1 aromatic carbocycles. The van der Waals surface area contributed by atoms with E-state index in [1.165, 1.54) is 16.1 Å². The number of piperidine rings is 1. The van der Waals surface area contributed by atoms with E-state index < -0.39 is 10.0 Å². The Labute approximate surface area is 139 Å². The molecule has 6 heteroatoms. The summed E-state index contributed by atoms with van der Waals surface area (Å²) in [5.41, 5.74) is 1.26. The van der Waals surface area contributed by atoms with Gasteiger partial charge in [0, 0.05) is 19.1 Å². The lowest BCUT2D eigenvalue weighted by atomic mass is 9.98. The van der Waals surface area contributed by atoms with Crippen molar-refractivity contribution in [2.24, 2.45) is 5.92 Å². The molecule has 128 valence electrons. The lowest BCUT2D eigenvalue weighted by Crippen LogP contribution is -2.46. The van der Waals surface area contributed by atoms with Gasteiger partial charge >= 0.3 is 0 Å². The molecule has 1 fully saturated rings.